The SMILES string of the molecule is CC1CC(NC(=O)c2ccccc2OCc2ccc(F)cc2)CCN1. The second-order valence-electron chi connectivity index (χ2n) is 6.46. The van der Waals surface area contributed by atoms with Crippen molar-refractivity contribution in [1.29, 1.82) is 0 Å². The summed E-state index contributed by atoms with van der Waals surface area (Å²) in [5.74, 6) is 0.139. The van der Waals surface area contributed by atoms with Gasteiger partial charge in [0.1, 0.15) is 18.2 Å². The molecule has 0 radical (unpaired) electrons. The third-order valence-corrected chi connectivity index (χ3v) is 4.40. The van der Waals surface area contributed by atoms with Gasteiger partial charge in [0.05, 0.1) is 5.56 Å². The molecule has 2 N–H and O–H groups in total. The second-order valence-corrected chi connectivity index (χ2v) is 6.46. The number of hydrogen-bond acceptors (Lipinski definition) is 3. The molecule has 2 atom stereocenters. The Hall–Kier alpha value is -2.40. The van der Waals surface area contributed by atoms with Crippen LogP contribution in [0.3, 0.4) is 0 Å². The van der Waals surface area contributed by atoms with E-state index in [9.17, 15) is 9.18 Å². The Morgan fingerprint density at radius 1 is 1.24 bits per heavy atom. The number of benzene rings is 2. The third-order valence-electron chi connectivity index (χ3n) is 4.40. The van der Waals surface area contributed by atoms with Crippen LogP contribution >= 0.6 is 0 Å². The molecule has 0 spiro atoms. The molecular formula is C20H23FN2O2. The molecular weight excluding hydrogens is 319 g/mol. The smallest absolute Gasteiger partial charge is 0.255 e. The summed E-state index contributed by atoms with van der Waals surface area (Å²) in [7, 11) is 0. The minimum Gasteiger partial charge on any atom is -0.488 e. The standard InChI is InChI=1S/C20H23FN2O2/c1-14-12-17(10-11-22-14)23-20(24)18-4-2-3-5-19(18)25-13-15-6-8-16(21)9-7-15/h2-9,14,17,22H,10-13H2,1H3,(H,23,24). The van der Waals surface area contributed by atoms with Crippen LogP contribution in [0.15, 0.2) is 48.5 Å². The van der Waals surface area contributed by atoms with Gasteiger partial charge < -0.3 is 15.4 Å². The van der Waals surface area contributed by atoms with E-state index < -0.39 is 0 Å². The summed E-state index contributed by atoms with van der Waals surface area (Å²) in [6.45, 7) is 3.32. The summed E-state index contributed by atoms with van der Waals surface area (Å²) < 4.78 is 18.8. The van der Waals surface area contributed by atoms with Gasteiger partial charge in [-0.15, -0.1) is 0 Å². The van der Waals surface area contributed by atoms with Crippen molar-refractivity contribution in [2.45, 2.75) is 38.5 Å². The highest BCUT2D eigenvalue weighted by atomic mass is 19.1. The molecule has 1 aliphatic heterocycles. The van der Waals surface area contributed by atoms with E-state index in [0.29, 0.717) is 17.4 Å². The Kier molecular flexibility index (Phi) is 5.66. The number of carbonyl (C=O) groups excluding carboxylic acids is 1. The molecule has 2 aromatic carbocycles. The topological polar surface area (TPSA) is 50.4 Å². The minimum atomic E-state index is -0.278. The number of halogens is 1. The maximum Gasteiger partial charge on any atom is 0.255 e. The van der Waals surface area contributed by atoms with Gasteiger partial charge in [0.25, 0.3) is 5.91 Å². The van der Waals surface area contributed by atoms with Crippen molar-refractivity contribution < 1.29 is 13.9 Å². The molecule has 1 fully saturated rings. The Labute approximate surface area is 147 Å². The van der Waals surface area contributed by atoms with E-state index in [-0.39, 0.29) is 24.4 Å². The van der Waals surface area contributed by atoms with Gasteiger partial charge in [-0.05, 0) is 56.1 Å². The lowest BCUT2D eigenvalue weighted by Crippen LogP contribution is -2.46. The largest absolute Gasteiger partial charge is 0.488 e. The van der Waals surface area contributed by atoms with Gasteiger partial charge in [0.2, 0.25) is 0 Å². The number of para-hydroxylation sites is 1. The number of hydrogen-bond donors (Lipinski definition) is 2. The number of piperidine rings is 1. The van der Waals surface area contributed by atoms with Crippen LogP contribution in [0.1, 0.15) is 35.7 Å². The number of carbonyl (C=O) groups is 1. The number of rotatable bonds is 5. The van der Waals surface area contributed by atoms with Crippen LogP contribution in [0.25, 0.3) is 0 Å². The second kappa shape index (κ2) is 8.12. The van der Waals surface area contributed by atoms with Crippen LogP contribution in [0.4, 0.5) is 4.39 Å². The van der Waals surface area contributed by atoms with Gasteiger partial charge in [0.15, 0.2) is 0 Å². The Morgan fingerprint density at radius 3 is 2.76 bits per heavy atom. The van der Waals surface area contributed by atoms with Crippen molar-refractivity contribution in [1.82, 2.24) is 10.6 Å². The molecule has 5 heteroatoms. The highest BCUT2D eigenvalue weighted by Crippen LogP contribution is 2.20. The van der Waals surface area contributed by atoms with E-state index >= 15 is 0 Å². The quantitative estimate of drug-likeness (QED) is 0.877. The fraction of sp³-hybridized carbons (Fsp3) is 0.350. The molecule has 0 aromatic heterocycles. The highest BCUT2D eigenvalue weighted by Gasteiger charge is 2.21. The number of amides is 1. The van der Waals surface area contributed by atoms with Crippen molar-refractivity contribution in [2.24, 2.45) is 0 Å². The zero-order valence-electron chi connectivity index (χ0n) is 14.3. The van der Waals surface area contributed by atoms with E-state index in [1.54, 1.807) is 24.3 Å². The summed E-state index contributed by atoms with van der Waals surface area (Å²) in [5, 5.41) is 6.48. The van der Waals surface area contributed by atoms with Crippen molar-refractivity contribution in [2.75, 3.05) is 6.54 Å². The fourth-order valence-corrected chi connectivity index (χ4v) is 3.05. The van der Waals surface area contributed by atoms with Gasteiger partial charge in [0, 0.05) is 12.1 Å². The van der Waals surface area contributed by atoms with Gasteiger partial charge in [-0.1, -0.05) is 24.3 Å². The average Bonchev–Trinajstić information content (AvgIpc) is 2.61. The Bertz CT molecular complexity index is 718. The van der Waals surface area contributed by atoms with Gasteiger partial charge in [-0.2, -0.15) is 0 Å². The van der Waals surface area contributed by atoms with E-state index in [1.807, 2.05) is 12.1 Å². The van der Waals surface area contributed by atoms with Crippen molar-refractivity contribution in [3.63, 3.8) is 0 Å². The van der Waals surface area contributed by atoms with Crippen LogP contribution in [0.5, 0.6) is 5.75 Å². The summed E-state index contributed by atoms with van der Waals surface area (Å²) in [4.78, 5) is 12.6. The lowest BCUT2D eigenvalue weighted by atomic mass is 10.00. The first-order valence-electron chi connectivity index (χ1n) is 8.62. The average molecular weight is 342 g/mol. The van der Waals surface area contributed by atoms with Crippen LogP contribution in [-0.4, -0.2) is 24.5 Å². The maximum atomic E-state index is 13.0. The Balaban J connectivity index is 1.65. The maximum absolute atomic E-state index is 13.0. The van der Waals surface area contributed by atoms with Gasteiger partial charge >= 0.3 is 0 Å². The van der Waals surface area contributed by atoms with Crippen molar-refractivity contribution >= 4 is 5.91 Å². The molecule has 2 unspecified atom stereocenters. The van der Waals surface area contributed by atoms with Crippen LogP contribution in [0.2, 0.25) is 0 Å². The zero-order valence-corrected chi connectivity index (χ0v) is 14.3. The molecule has 3 rings (SSSR count). The Morgan fingerprint density at radius 2 is 2.00 bits per heavy atom. The fourth-order valence-electron chi connectivity index (χ4n) is 3.05. The summed E-state index contributed by atoms with van der Waals surface area (Å²) >= 11 is 0. The molecule has 1 heterocycles. The van der Waals surface area contributed by atoms with E-state index in [2.05, 4.69) is 17.6 Å². The van der Waals surface area contributed by atoms with Crippen LogP contribution < -0.4 is 15.4 Å². The summed E-state index contributed by atoms with van der Waals surface area (Å²) in [5.41, 5.74) is 1.37. The minimum absolute atomic E-state index is 0.117. The lowest BCUT2D eigenvalue weighted by molar-refractivity contribution is 0.0921. The zero-order chi connectivity index (χ0) is 17.6. The molecule has 0 bridgehead atoms. The van der Waals surface area contributed by atoms with E-state index in [4.69, 9.17) is 4.74 Å². The molecule has 4 nitrogen and oxygen atoms in total. The van der Waals surface area contributed by atoms with Crippen molar-refractivity contribution in [3.8, 4) is 5.75 Å². The summed E-state index contributed by atoms with van der Waals surface area (Å²) in [6.07, 6.45) is 1.85. The predicted molar refractivity (Wildman–Crippen MR) is 95.1 cm³/mol. The number of ether oxygens (including phenoxy) is 1. The van der Waals surface area contributed by atoms with Gasteiger partial charge in [-0.3, -0.25) is 4.79 Å². The first kappa shape index (κ1) is 17.4. The summed E-state index contributed by atoms with van der Waals surface area (Å²) in [6, 6.07) is 13.9. The van der Waals surface area contributed by atoms with Crippen molar-refractivity contribution in [3.05, 3.63) is 65.5 Å². The number of nitrogens with one attached hydrogen (secondary N) is 2. The molecule has 1 aliphatic rings. The third kappa shape index (κ3) is 4.79. The van der Waals surface area contributed by atoms with E-state index in [0.717, 1.165) is 24.9 Å². The van der Waals surface area contributed by atoms with Gasteiger partial charge in [-0.25, -0.2) is 4.39 Å². The molecule has 0 saturated carbocycles. The first-order chi connectivity index (χ1) is 12.1. The molecule has 1 saturated heterocycles. The molecule has 132 valence electrons. The molecule has 2 aromatic rings. The monoisotopic (exact) mass is 342 g/mol. The highest BCUT2D eigenvalue weighted by molar-refractivity contribution is 5.97. The van der Waals surface area contributed by atoms with E-state index in [1.165, 1.54) is 12.1 Å². The normalized spacial score (nSPS) is 20.1. The van der Waals surface area contributed by atoms with Crippen LogP contribution in [-0.2, 0) is 6.61 Å². The predicted octanol–water partition coefficient (Wildman–Crippen LogP) is 3.28. The molecule has 1 amide bonds. The van der Waals surface area contributed by atoms with Crippen LogP contribution in [0, 0.1) is 5.82 Å². The first-order valence-corrected chi connectivity index (χ1v) is 8.62. The lowest BCUT2D eigenvalue weighted by Gasteiger charge is -2.28. The molecule has 25 heavy (non-hydrogen) atoms. The molecule has 0 aliphatic carbocycles.